The maximum atomic E-state index is 5.78. The molecule has 1 aromatic heterocycles. The molecule has 0 saturated heterocycles. The van der Waals surface area contributed by atoms with Crippen molar-refractivity contribution in [3.8, 4) is 0 Å². The van der Waals surface area contributed by atoms with E-state index in [1.165, 1.54) is 16.7 Å². The average Bonchev–Trinajstić information content (AvgIpc) is 2.88. The summed E-state index contributed by atoms with van der Waals surface area (Å²) in [6.07, 6.45) is 1.63. The zero-order valence-corrected chi connectivity index (χ0v) is 12.7. The van der Waals surface area contributed by atoms with Gasteiger partial charge in [0.2, 0.25) is 11.8 Å². The third kappa shape index (κ3) is 3.45. The van der Waals surface area contributed by atoms with Gasteiger partial charge in [-0.05, 0) is 43.5 Å². The van der Waals surface area contributed by atoms with Gasteiger partial charge >= 0.3 is 0 Å². The molecule has 20 heavy (non-hydrogen) atoms. The Kier molecular flexibility index (Phi) is 4.90. The lowest BCUT2D eigenvalue weighted by Crippen LogP contribution is -2.20. The SMILES string of the molecule is CCNC(CC)c1nnc(Cc2ccc(C)c(C)c2)o1. The summed E-state index contributed by atoms with van der Waals surface area (Å²) in [5.74, 6) is 1.37. The van der Waals surface area contributed by atoms with Crippen molar-refractivity contribution in [2.75, 3.05) is 6.54 Å². The van der Waals surface area contributed by atoms with Crippen LogP contribution in [-0.2, 0) is 6.42 Å². The Morgan fingerprint density at radius 1 is 1.15 bits per heavy atom. The Hall–Kier alpha value is -1.68. The van der Waals surface area contributed by atoms with Crippen LogP contribution in [0.4, 0.5) is 0 Å². The standard InChI is InChI=1S/C16H23N3O/c1-5-14(17-6-2)16-19-18-15(20-16)10-13-8-7-11(3)12(4)9-13/h7-9,14,17H,5-6,10H2,1-4H3. The molecule has 4 nitrogen and oxygen atoms in total. The van der Waals surface area contributed by atoms with Gasteiger partial charge in [-0.15, -0.1) is 10.2 Å². The van der Waals surface area contributed by atoms with Crippen LogP contribution in [0.3, 0.4) is 0 Å². The number of hydrogen-bond donors (Lipinski definition) is 1. The van der Waals surface area contributed by atoms with E-state index >= 15 is 0 Å². The van der Waals surface area contributed by atoms with Crippen molar-refractivity contribution in [2.24, 2.45) is 0 Å². The zero-order valence-electron chi connectivity index (χ0n) is 12.7. The van der Waals surface area contributed by atoms with Crippen LogP contribution in [0.2, 0.25) is 0 Å². The molecule has 0 saturated carbocycles. The van der Waals surface area contributed by atoms with Crippen molar-refractivity contribution in [3.05, 3.63) is 46.7 Å². The molecule has 0 amide bonds. The summed E-state index contributed by atoms with van der Waals surface area (Å²) in [6.45, 7) is 9.32. The van der Waals surface area contributed by atoms with E-state index in [0.717, 1.165) is 13.0 Å². The van der Waals surface area contributed by atoms with Gasteiger partial charge in [-0.3, -0.25) is 0 Å². The Morgan fingerprint density at radius 2 is 1.95 bits per heavy atom. The van der Waals surface area contributed by atoms with Crippen LogP contribution in [-0.4, -0.2) is 16.7 Å². The lowest BCUT2D eigenvalue weighted by molar-refractivity contribution is 0.380. The molecule has 1 N–H and O–H groups in total. The van der Waals surface area contributed by atoms with Crippen LogP contribution in [0.5, 0.6) is 0 Å². The number of nitrogens with zero attached hydrogens (tertiary/aromatic N) is 2. The highest BCUT2D eigenvalue weighted by molar-refractivity contribution is 5.31. The zero-order chi connectivity index (χ0) is 14.5. The number of hydrogen-bond acceptors (Lipinski definition) is 4. The molecule has 2 rings (SSSR count). The molecule has 0 fully saturated rings. The van der Waals surface area contributed by atoms with Crippen molar-refractivity contribution in [1.29, 1.82) is 0 Å². The minimum Gasteiger partial charge on any atom is -0.423 e. The molecule has 0 bridgehead atoms. The van der Waals surface area contributed by atoms with Crippen LogP contribution in [0.15, 0.2) is 22.6 Å². The van der Waals surface area contributed by atoms with Gasteiger partial charge in [-0.25, -0.2) is 0 Å². The molecular formula is C16H23N3O. The van der Waals surface area contributed by atoms with E-state index < -0.39 is 0 Å². The summed E-state index contributed by atoms with van der Waals surface area (Å²) in [6, 6.07) is 6.59. The van der Waals surface area contributed by atoms with Crippen molar-refractivity contribution >= 4 is 0 Å². The fourth-order valence-corrected chi connectivity index (χ4v) is 2.22. The van der Waals surface area contributed by atoms with Crippen LogP contribution < -0.4 is 5.32 Å². The highest BCUT2D eigenvalue weighted by atomic mass is 16.4. The van der Waals surface area contributed by atoms with Crippen LogP contribution in [0.25, 0.3) is 0 Å². The number of nitrogens with one attached hydrogen (secondary N) is 1. The van der Waals surface area contributed by atoms with Gasteiger partial charge < -0.3 is 9.73 Å². The predicted molar refractivity (Wildman–Crippen MR) is 79.7 cm³/mol. The second kappa shape index (κ2) is 6.66. The van der Waals surface area contributed by atoms with Crippen molar-refractivity contribution in [3.63, 3.8) is 0 Å². The summed E-state index contributed by atoms with van der Waals surface area (Å²) in [7, 11) is 0. The number of rotatable bonds is 6. The summed E-state index contributed by atoms with van der Waals surface area (Å²) in [4.78, 5) is 0. The molecule has 1 aromatic carbocycles. The first kappa shape index (κ1) is 14.7. The highest BCUT2D eigenvalue weighted by Gasteiger charge is 2.15. The topological polar surface area (TPSA) is 51.0 Å². The lowest BCUT2D eigenvalue weighted by atomic mass is 10.0. The summed E-state index contributed by atoms with van der Waals surface area (Å²) in [5.41, 5.74) is 3.80. The Labute approximate surface area is 120 Å². The molecule has 4 heteroatoms. The third-order valence-electron chi connectivity index (χ3n) is 3.57. The summed E-state index contributed by atoms with van der Waals surface area (Å²) >= 11 is 0. The van der Waals surface area contributed by atoms with Crippen molar-refractivity contribution in [1.82, 2.24) is 15.5 Å². The molecule has 0 radical (unpaired) electrons. The second-order valence-corrected chi connectivity index (χ2v) is 5.15. The fraction of sp³-hybridized carbons (Fsp3) is 0.500. The highest BCUT2D eigenvalue weighted by Crippen LogP contribution is 2.18. The van der Waals surface area contributed by atoms with E-state index in [9.17, 15) is 0 Å². The van der Waals surface area contributed by atoms with Gasteiger partial charge in [0.25, 0.3) is 0 Å². The van der Waals surface area contributed by atoms with Crippen LogP contribution in [0, 0.1) is 13.8 Å². The van der Waals surface area contributed by atoms with E-state index in [1.807, 2.05) is 0 Å². The molecule has 0 aliphatic carbocycles. The number of aromatic nitrogens is 2. The number of benzene rings is 1. The van der Waals surface area contributed by atoms with Crippen LogP contribution in [0.1, 0.15) is 54.8 Å². The lowest BCUT2D eigenvalue weighted by Gasteiger charge is -2.10. The van der Waals surface area contributed by atoms with E-state index in [0.29, 0.717) is 18.2 Å². The molecular weight excluding hydrogens is 250 g/mol. The molecule has 108 valence electrons. The van der Waals surface area contributed by atoms with E-state index in [-0.39, 0.29) is 6.04 Å². The van der Waals surface area contributed by atoms with Gasteiger partial charge in [0, 0.05) is 0 Å². The number of aryl methyl sites for hydroxylation is 2. The second-order valence-electron chi connectivity index (χ2n) is 5.15. The Balaban J connectivity index is 2.10. The fourth-order valence-electron chi connectivity index (χ4n) is 2.22. The maximum Gasteiger partial charge on any atom is 0.233 e. The largest absolute Gasteiger partial charge is 0.423 e. The van der Waals surface area contributed by atoms with E-state index in [2.05, 4.69) is 61.4 Å². The minimum absolute atomic E-state index is 0.154. The Morgan fingerprint density at radius 3 is 2.60 bits per heavy atom. The van der Waals surface area contributed by atoms with Crippen molar-refractivity contribution < 1.29 is 4.42 Å². The first-order chi connectivity index (χ1) is 9.63. The van der Waals surface area contributed by atoms with Gasteiger partial charge in [0.05, 0.1) is 12.5 Å². The van der Waals surface area contributed by atoms with Gasteiger partial charge in [-0.2, -0.15) is 0 Å². The van der Waals surface area contributed by atoms with Gasteiger partial charge in [0.1, 0.15) is 0 Å². The van der Waals surface area contributed by atoms with Crippen molar-refractivity contribution in [2.45, 2.75) is 46.6 Å². The third-order valence-corrected chi connectivity index (χ3v) is 3.57. The molecule has 0 aliphatic heterocycles. The van der Waals surface area contributed by atoms with Crippen LogP contribution >= 0.6 is 0 Å². The molecule has 1 unspecified atom stereocenters. The molecule has 2 aromatic rings. The summed E-state index contributed by atoms with van der Waals surface area (Å²) in [5, 5.41) is 11.7. The molecule has 1 atom stereocenters. The molecule has 0 spiro atoms. The smallest absolute Gasteiger partial charge is 0.233 e. The molecule has 0 aliphatic rings. The maximum absolute atomic E-state index is 5.78. The monoisotopic (exact) mass is 273 g/mol. The van der Waals surface area contributed by atoms with E-state index in [4.69, 9.17) is 4.42 Å². The average molecular weight is 273 g/mol. The molecule has 1 heterocycles. The van der Waals surface area contributed by atoms with E-state index in [1.54, 1.807) is 0 Å². The first-order valence-electron chi connectivity index (χ1n) is 7.25. The normalized spacial score (nSPS) is 12.6. The first-order valence-corrected chi connectivity index (χ1v) is 7.25. The summed E-state index contributed by atoms with van der Waals surface area (Å²) < 4.78 is 5.78. The van der Waals surface area contributed by atoms with Gasteiger partial charge in [0.15, 0.2) is 0 Å². The Bertz CT molecular complexity index is 563. The quantitative estimate of drug-likeness (QED) is 0.877. The van der Waals surface area contributed by atoms with Gasteiger partial charge in [-0.1, -0.05) is 32.0 Å². The predicted octanol–water partition coefficient (Wildman–Crippen LogP) is 3.34. The minimum atomic E-state index is 0.154.